The van der Waals surface area contributed by atoms with E-state index in [1.54, 1.807) is 22.7 Å². The Hall–Kier alpha value is -1.65. The Kier molecular flexibility index (Phi) is 6.71. The summed E-state index contributed by atoms with van der Waals surface area (Å²) in [5.41, 5.74) is 1.23. The first kappa shape index (κ1) is 23.6. The zero-order chi connectivity index (χ0) is 21.0. The molecule has 0 N–H and O–H groups in total. The molecule has 9 nitrogen and oxygen atoms in total. The molecule has 0 aromatic carbocycles. The lowest BCUT2D eigenvalue weighted by Gasteiger charge is -2.28. The predicted molar refractivity (Wildman–Crippen MR) is 111 cm³/mol. The molecule has 3 heterocycles. The van der Waals surface area contributed by atoms with E-state index >= 15 is 0 Å². The molecule has 2 aliphatic rings. The SMILES string of the molecule is CC(C)[C@H]1C(=O)N(S(C)(=O)=O)[C@H]2CCN(C(=O)c3cc(CN(C)C)n(C)n3)[C@H]12.Cl. The largest absolute Gasteiger partial charge is 0.331 e. The van der Waals surface area contributed by atoms with E-state index in [2.05, 4.69) is 5.10 Å². The summed E-state index contributed by atoms with van der Waals surface area (Å²) >= 11 is 0. The summed E-state index contributed by atoms with van der Waals surface area (Å²) in [6.45, 7) is 4.85. The molecule has 2 aliphatic heterocycles. The second kappa shape index (κ2) is 8.23. The number of rotatable bonds is 5. The highest BCUT2D eigenvalue weighted by Crippen LogP contribution is 2.41. The number of carbonyl (C=O) groups excluding carboxylic acids is 2. The highest BCUT2D eigenvalue weighted by atomic mass is 35.5. The van der Waals surface area contributed by atoms with Gasteiger partial charge in [0.1, 0.15) is 0 Å². The van der Waals surface area contributed by atoms with Gasteiger partial charge >= 0.3 is 0 Å². The van der Waals surface area contributed by atoms with E-state index in [9.17, 15) is 18.0 Å². The third-order valence-electron chi connectivity index (χ3n) is 5.60. The van der Waals surface area contributed by atoms with Gasteiger partial charge in [0, 0.05) is 20.1 Å². The average molecular weight is 448 g/mol. The van der Waals surface area contributed by atoms with Crippen LogP contribution < -0.4 is 0 Å². The number of halogens is 1. The number of aryl methyl sites for hydroxylation is 1. The number of amides is 2. The van der Waals surface area contributed by atoms with Gasteiger partial charge in [0.2, 0.25) is 15.9 Å². The minimum atomic E-state index is -3.68. The molecule has 0 bridgehead atoms. The predicted octanol–water partition coefficient (Wildman–Crippen LogP) is 0.561. The summed E-state index contributed by atoms with van der Waals surface area (Å²) in [4.78, 5) is 29.7. The molecule has 0 unspecified atom stereocenters. The lowest BCUT2D eigenvalue weighted by atomic mass is 9.88. The molecule has 1 aromatic heterocycles. The Labute approximate surface area is 178 Å². The molecule has 29 heavy (non-hydrogen) atoms. The number of hydrogen-bond acceptors (Lipinski definition) is 6. The van der Waals surface area contributed by atoms with Crippen LogP contribution in [-0.4, -0.2) is 83.1 Å². The van der Waals surface area contributed by atoms with Crippen molar-refractivity contribution in [3.8, 4) is 0 Å². The number of nitrogens with zero attached hydrogens (tertiary/aromatic N) is 5. The number of fused-ring (bicyclic) bond motifs is 1. The van der Waals surface area contributed by atoms with Gasteiger partial charge in [-0.05, 0) is 32.5 Å². The highest BCUT2D eigenvalue weighted by Gasteiger charge is 2.58. The van der Waals surface area contributed by atoms with E-state index in [1.807, 2.05) is 32.8 Å². The van der Waals surface area contributed by atoms with Crippen LogP contribution in [0.3, 0.4) is 0 Å². The Bertz CT molecular complexity index is 898. The highest BCUT2D eigenvalue weighted by molar-refractivity contribution is 7.88. The standard InChI is InChI=1S/C18H29N5O4S.ClH/c1-11(2)15-16-14(23(18(15)25)28(6,26)27)7-8-22(16)17(24)13-9-12(10-20(3)4)21(5)19-13;/h9,11,14-16H,7-8,10H2,1-6H3;1H/t14-,15+,16-;/m0./s1. The van der Waals surface area contributed by atoms with E-state index in [-0.39, 0.29) is 24.2 Å². The fourth-order valence-corrected chi connectivity index (χ4v) is 5.67. The van der Waals surface area contributed by atoms with Crippen LogP contribution in [0.5, 0.6) is 0 Å². The van der Waals surface area contributed by atoms with Gasteiger partial charge in [0.05, 0.1) is 30.0 Å². The minimum absolute atomic E-state index is 0. The van der Waals surface area contributed by atoms with Crippen molar-refractivity contribution in [2.75, 3.05) is 26.9 Å². The molecule has 0 spiro atoms. The van der Waals surface area contributed by atoms with Crippen molar-refractivity contribution in [2.24, 2.45) is 18.9 Å². The lowest BCUT2D eigenvalue weighted by Crippen LogP contribution is -2.44. The van der Waals surface area contributed by atoms with Gasteiger partial charge in [0.15, 0.2) is 5.69 Å². The zero-order valence-corrected chi connectivity index (χ0v) is 19.3. The van der Waals surface area contributed by atoms with Crippen LogP contribution in [0, 0.1) is 11.8 Å². The zero-order valence-electron chi connectivity index (χ0n) is 17.7. The molecule has 3 atom stereocenters. The molecule has 2 saturated heterocycles. The first-order chi connectivity index (χ1) is 12.9. The molecule has 164 valence electrons. The maximum absolute atomic E-state index is 13.2. The van der Waals surface area contributed by atoms with Gasteiger partial charge in [0.25, 0.3) is 5.91 Å². The summed E-state index contributed by atoms with van der Waals surface area (Å²) in [6.07, 6.45) is 1.51. The van der Waals surface area contributed by atoms with E-state index in [4.69, 9.17) is 0 Å². The van der Waals surface area contributed by atoms with Gasteiger partial charge in [-0.2, -0.15) is 5.10 Å². The second-order valence-corrected chi connectivity index (χ2v) is 10.3. The number of aromatic nitrogens is 2. The maximum Gasteiger partial charge on any atom is 0.274 e. The van der Waals surface area contributed by atoms with Crippen molar-refractivity contribution in [1.29, 1.82) is 0 Å². The summed E-state index contributed by atoms with van der Waals surface area (Å²) in [6, 6.07) is 0.823. The Morgan fingerprint density at radius 1 is 1.34 bits per heavy atom. The quantitative estimate of drug-likeness (QED) is 0.654. The number of sulfonamides is 1. The van der Waals surface area contributed by atoms with Crippen molar-refractivity contribution in [1.82, 2.24) is 23.9 Å². The fraction of sp³-hybridized carbons (Fsp3) is 0.722. The van der Waals surface area contributed by atoms with E-state index in [0.717, 1.165) is 16.3 Å². The smallest absolute Gasteiger partial charge is 0.274 e. The third kappa shape index (κ3) is 4.15. The molecule has 0 aliphatic carbocycles. The van der Waals surface area contributed by atoms with E-state index in [1.165, 1.54) is 0 Å². The number of carbonyl (C=O) groups is 2. The molecule has 0 radical (unpaired) electrons. The van der Waals surface area contributed by atoms with Crippen LogP contribution >= 0.6 is 12.4 Å². The molecule has 3 rings (SSSR count). The fourth-order valence-electron chi connectivity index (χ4n) is 4.50. The summed E-state index contributed by atoms with van der Waals surface area (Å²) in [5, 5.41) is 4.36. The van der Waals surface area contributed by atoms with Gasteiger partial charge in [-0.15, -0.1) is 12.4 Å². The van der Waals surface area contributed by atoms with Crippen molar-refractivity contribution in [3.05, 3.63) is 17.5 Å². The van der Waals surface area contributed by atoms with Crippen molar-refractivity contribution < 1.29 is 18.0 Å². The summed E-state index contributed by atoms with van der Waals surface area (Å²) in [7, 11) is 2.00. The van der Waals surface area contributed by atoms with Crippen LogP contribution in [0.25, 0.3) is 0 Å². The van der Waals surface area contributed by atoms with Crippen LogP contribution in [0.4, 0.5) is 0 Å². The first-order valence-electron chi connectivity index (χ1n) is 9.45. The topological polar surface area (TPSA) is 95.8 Å². The Morgan fingerprint density at radius 2 is 1.97 bits per heavy atom. The van der Waals surface area contributed by atoms with Gasteiger partial charge in [-0.25, -0.2) is 12.7 Å². The lowest BCUT2D eigenvalue weighted by molar-refractivity contribution is -0.129. The molecule has 0 saturated carbocycles. The normalized spacial score (nSPS) is 24.4. The molecular formula is C18H30ClN5O4S. The van der Waals surface area contributed by atoms with Crippen molar-refractivity contribution in [2.45, 2.75) is 38.9 Å². The minimum Gasteiger partial charge on any atom is -0.331 e. The molecule has 2 fully saturated rings. The first-order valence-corrected chi connectivity index (χ1v) is 11.3. The molecular weight excluding hydrogens is 418 g/mol. The average Bonchev–Trinajstić information content (AvgIpc) is 3.17. The third-order valence-corrected chi connectivity index (χ3v) is 6.77. The van der Waals surface area contributed by atoms with E-state index < -0.39 is 33.9 Å². The molecule has 1 aromatic rings. The van der Waals surface area contributed by atoms with Crippen LogP contribution in [0.15, 0.2) is 6.07 Å². The van der Waals surface area contributed by atoms with Crippen LogP contribution in [-0.2, 0) is 28.4 Å². The van der Waals surface area contributed by atoms with Gasteiger partial charge in [-0.3, -0.25) is 14.3 Å². The summed E-state index contributed by atoms with van der Waals surface area (Å²) < 4.78 is 27.2. The number of likely N-dealkylation sites (tertiary alicyclic amines) is 1. The molecule has 2 amide bonds. The van der Waals surface area contributed by atoms with Crippen molar-refractivity contribution >= 4 is 34.2 Å². The summed E-state index contributed by atoms with van der Waals surface area (Å²) in [5.74, 6) is -1.26. The Balaban J connectivity index is 0.00000300. The van der Waals surface area contributed by atoms with Crippen LogP contribution in [0.1, 0.15) is 36.5 Å². The van der Waals surface area contributed by atoms with Crippen molar-refractivity contribution in [3.63, 3.8) is 0 Å². The van der Waals surface area contributed by atoms with E-state index in [0.29, 0.717) is 25.2 Å². The Morgan fingerprint density at radius 3 is 2.48 bits per heavy atom. The monoisotopic (exact) mass is 447 g/mol. The van der Waals surface area contributed by atoms with Gasteiger partial charge < -0.3 is 9.80 Å². The second-order valence-electron chi connectivity index (χ2n) is 8.39. The van der Waals surface area contributed by atoms with Crippen LogP contribution in [0.2, 0.25) is 0 Å². The van der Waals surface area contributed by atoms with Gasteiger partial charge in [-0.1, -0.05) is 13.8 Å². The number of hydrogen-bond donors (Lipinski definition) is 0. The maximum atomic E-state index is 13.2. The molecule has 11 heteroatoms.